The van der Waals surface area contributed by atoms with E-state index in [-0.39, 0.29) is 5.91 Å². The summed E-state index contributed by atoms with van der Waals surface area (Å²) in [5.74, 6) is -0.590. The van der Waals surface area contributed by atoms with Crippen LogP contribution < -0.4 is 0 Å². The zero-order chi connectivity index (χ0) is 16.4. The molecule has 1 saturated heterocycles. The molecule has 1 amide bonds. The van der Waals surface area contributed by atoms with E-state index in [9.17, 15) is 14.7 Å². The third-order valence-electron chi connectivity index (χ3n) is 4.73. The van der Waals surface area contributed by atoms with Crippen molar-refractivity contribution in [2.24, 2.45) is 5.92 Å². The minimum Gasteiger partial charge on any atom is -0.480 e. The first-order valence-electron chi connectivity index (χ1n) is 7.92. The number of nitrogens with zero attached hydrogens (tertiary/aromatic N) is 1. The van der Waals surface area contributed by atoms with Crippen LogP contribution >= 0.6 is 15.9 Å². The number of carboxylic acids is 1. The smallest absolute Gasteiger partial charge is 0.326 e. The number of fused-ring (bicyclic) bond motifs is 1. The SMILES string of the molecule is O=C(O)C1Cc2c(Br)cccc2CN1C(=O)CCC1CCOC1. The number of halogens is 1. The second-order valence-electron chi connectivity index (χ2n) is 6.23. The molecule has 0 spiro atoms. The number of hydrogen-bond donors (Lipinski definition) is 1. The van der Waals surface area contributed by atoms with Gasteiger partial charge in [-0.15, -0.1) is 0 Å². The predicted molar refractivity (Wildman–Crippen MR) is 88.0 cm³/mol. The number of amides is 1. The highest BCUT2D eigenvalue weighted by molar-refractivity contribution is 9.10. The average Bonchev–Trinajstić information content (AvgIpc) is 3.05. The van der Waals surface area contributed by atoms with Gasteiger partial charge in [0.1, 0.15) is 6.04 Å². The molecule has 2 aliphatic rings. The molecule has 1 aromatic carbocycles. The first-order chi connectivity index (χ1) is 11.1. The zero-order valence-electron chi connectivity index (χ0n) is 12.8. The molecule has 0 bridgehead atoms. The van der Waals surface area contributed by atoms with E-state index in [0.717, 1.165) is 35.0 Å². The lowest BCUT2D eigenvalue weighted by Crippen LogP contribution is -2.48. The van der Waals surface area contributed by atoms with Crippen LogP contribution in [0.2, 0.25) is 0 Å². The third-order valence-corrected chi connectivity index (χ3v) is 5.47. The van der Waals surface area contributed by atoms with Crippen LogP contribution in [0.4, 0.5) is 0 Å². The van der Waals surface area contributed by atoms with E-state index in [1.807, 2.05) is 18.2 Å². The molecule has 124 valence electrons. The fourth-order valence-corrected chi connectivity index (χ4v) is 3.91. The Morgan fingerprint density at radius 1 is 1.39 bits per heavy atom. The van der Waals surface area contributed by atoms with Crippen LogP contribution in [0, 0.1) is 5.92 Å². The minimum atomic E-state index is -0.941. The number of carboxylic acid groups (broad SMARTS) is 1. The van der Waals surface area contributed by atoms with Gasteiger partial charge in [-0.25, -0.2) is 4.79 Å². The summed E-state index contributed by atoms with van der Waals surface area (Å²) in [5, 5.41) is 9.52. The summed E-state index contributed by atoms with van der Waals surface area (Å²) < 4.78 is 6.24. The summed E-state index contributed by atoms with van der Waals surface area (Å²) in [6.45, 7) is 1.85. The summed E-state index contributed by atoms with van der Waals surface area (Å²) in [7, 11) is 0. The number of ether oxygens (including phenoxy) is 1. The zero-order valence-corrected chi connectivity index (χ0v) is 14.4. The maximum Gasteiger partial charge on any atom is 0.326 e. The molecule has 0 aromatic heterocycles. The van der Waals surface area contributed by atoms with Crippen LogP contribution in [-0.4, -0.2) is 41.1 Å². The molecular weight excluding hydrogens is 362 g/mol. The van der Waals surface area contributed by atoms with Crippen molar-refractivity contribution in [1.29, 1.82) is 0 Å². The van der Waals surface area contributed by atoms with Crippen LogP contribution in [-0.2, 0) is 27.3 Å². The van der Waals surface area contributed by atoms with Gasteiger partial charge in [-0.05, 0) is 36.0 Å². The molecule has 1 N–H and O–H groups in total. The van der Waals surface area contributed by atoms with E-state index in [1.165, 1.54) is 4.90 Å². The van der Waals surface area contributed by atoms with E-state index < -0.39 is 12.0 Å². The number of aliphatic carboxylic acids is 1. The Labute approximate surface area is 143 Å². The summed E-state index contributed by atoms with van der Waals surface area (Å²) in [4.78, 5) is 25.7. The van der Waals surface area contributed by atoms with Crippen LogP contribution in [0.25, 0.3) is 0 Å². The van der Waals surface area contributed by atoms with Gasteiger partial charge >= 0.3 is 5.97 Å². The third kappa shape index (κ3) is 3.58. The van der Waals surface area contributed by atoms with Crippen molar-refractivity contribution in [2.75, 3.05) is 13.2 Å². The van der Waals surface area contributed by atoms with Crippen LogP contribution in [0.15, 0.2) is 22.7 Å². The minimum absolute atomic E-state index is 0.0741. The van der Waals surface area contributed by atoms with Gasteiger partial charge in [0.15, 0.2) is 0 Å². The number of hydrogen-bond acceptors (Lipinski definition) is 3. The Bertz CT molecular complexity index is 613. The maximum atomic E-state index is 12.6. The molecule has 6 heteroatoms. The quantitative estimate of drug-likeness (QED) is 0.870. The van der Waals surface area contributed by atoms with Crippen LogP contribution in [0.3, 0.4) is 0 Å². The first kappa shape index (κ1) is 16.5. The van der Waals surface area contributed by atoms with Crippen molar-refractivity contribution < 1.29 is 19.4 Å². The Morgan fingerprint density at radius 3 is 2.91 bits per heavy atom. The molecule has 3 rings (SSSR count). The molecule has 0 radical (unpaired) electrons. The van der Waals surface area contributed by atoms with Gasteiger partial charge in [0, 0.05) is 37.1 Å². The largest absolute Gasteiger partial charge is 0.480 e. The lowest BCUT2D eigenvalue weighted by atomic mass is 9.93. The lowest BCUT2D eigenvalue weighted by molar-refractivity contribution is -0.151. The molecule has 1 aromatic rings. The van der Waals surface area contributed by atoms with Crippen LogP contribution in [0.5, 0.6) is 0 Å². The Hall–Kier alpha value is -1.40. The van der Waals surface area contributed by atoms with Crippen molar-refractivity contribution in [1.82, 2.24) is 4.90 Å². The Kier molecular flexibility index (Phi) is 5.02. The van der Waals surface area contributed by atoms with E-state index in [2.05, 4.69) is 15.9 Å². The molecule has 5 nitrogen and oxygen atoms in total. The van der Waals surface area contributed by atoms with Gasteiger partial charge in [0.2, 0.25) is 5.91 Å². The van der Waals surface area contributed by atoms with Crippen molar-refractivity contribution in [3.63, 3.8) is 0 Å². The molecule has 2 unspecified atom stereocenters. The summed E-state index contributed by atoms with van der Waals surface area (Å²) in [6, 6.07) is 5.01. The summed E-state index contributed by atoms with van der Waals surface area (Å²) >= 11 is 3.48. The molecule has 0 saturated carbocycles. The van der Waals surface area contributed by atoms with Gasteiger partial charge in [-0.1, -0.05) is 28.1 Å². The second kappa shape index (κ2) is 7.01. The fourth-order valence-electron chi connectivity index (χ4n) is 3.34. The normalized spacial score (nSPS) is 23.6. The van der Waals surface area contributed by atoms with E-state index in [1.54, 1.807) is 0 Å². The van der Waals surface area contributed by atoms with E-state index in [0.29, 0.717) is 31.9 Å². The Morgan fingerprint density at radius 2 is 2.22 bits per heavy atom. The molecular formula is C17H20BrNO4. The van der Waals surface area contributed by atoms with Crippen molar-refractivity contribution in [3.8, 4) is 0 Å². The first-order valence-corrected chi connectivity index (χ1v) is 8.72. The van der Waals surface area contributed by atoms with E-state index >= 15 is 0 Å². The summed E-state index contributed by atoms with van der Waals surface area (Å²) in [5.41, 5.74) is 2.02. The van der Waals surface area contributed by atoms with Crippen molar-refractivity contribution in [2.45, 2.75) is 38.3 Å². The molecule has 2 aliphatic heterocycles. The number of carbonyl (C=O) groups is 2. The number of carbonyl (C=O) groups excluding carboxylic acids is 1. The fraction of sp³-hybridized carbons (Fsp3) is 0.529. The number of rotatable bonds is 4. The second-order valence-corrected chi connectivity index (χ2v) is 7.08. The van der Waals surface area contributed by atoms with Gasteiger partial charge in [0.05, 0.1) is 0 Å². The van der Waals surface area contributed by atoms with Gasteiger partial charge < -0.3 is 14.7 Å². The predicted octanol–water partition coefficient (Wildman–Crippen LogP) is 2.60. The Balaban J connectivity index is 1.73. The van der Waals surface area contributed by atoms with Gasteiger partial charge in [-0.3, -0.25) is 4.79 Å². The van der Waals surface area contributed by atoms with Crippen LogP contribution in [0.1, 0.15) is 30.4 Å². The number of benzene rings is 1. The highest BCUT2D eigenvalue weighted by atomic mass is 79.9. The highest BCUT2D eigenvalue weighted by Crippen LogP contribution is 2.30. The molecule has 0 aliphatic carbocycles. The monoisotopic (exact) mass is 381 g/mol. The topological polar surface area (TPSA) is 66.8 Å². The summed E-state index contributed by atoms with van der Waals surface area (Å²) in [6.07, 6.45) is 2.50. The average molecular weight is 382 g/mol. The molecule has 1 fully saturated rings. The van der Waals surface area contributed by atoms with E-state index in [4.69, 9.17) is 4.74 Å². The molecule has 2 atom stereocenters. The maximum absolute atomic E-state index is 12.6. The van der Waals surface area contributed by atoms with Gasteiger partial charge in [-0.2, -0.15) is 0 Å². The van der Waals surface area contributed by atoms with Gasteiger partial charge in [0.25, 0.3) is 0 Å². The standard InChI is InChI=1S/C17H20BrNO4/c18-14-3-1-2-12-9-19(15(17(21)22)8-13(12)14)16(20)5-4-11-6-7-23-10-11/h1-3,11,15H,4-10H2,(H,21,22). The van der Waals surface area contributed by atoms with Crippen molar-refractivity contribution in [3.05, 3.63) is 33.8 Å². The molecule has 2 heterocycles. The molecule has 23 heavy (non-hydrogen) atoms. The van der Waals surface area contributed by atoms with Crippen molar-refractivity contribution >= 4 is 27.8 Å². The lowest BCUT2D eigenvalue weighted by Gasteiger charge is -2.35. The highest BCUT2D eigenvalue weighted by Gasteiger charge is 2.35.